The number of hydrogen-bond donors (Lipinski definition) is 0. The second-order valence-corrected chi connectivity index (χ2v) is 6.79. The Morgan fingerprint density at radius 3 is 2.96 bits per heavy atom. The van der Waals surface area contributed by atoms with E-state index in [0.717, 1.165) is 16.9 Å². The van der Waals surface area contributed by atoms with Gasteiger partial charge in [-0.1, -0.05) is 11.3 Å². The summed E-state index contributed by atoms with van der Waals surface area (Å²) >= 11 is 1.33. The van der Waals surface area contributed by atoms with Crippen molar-refractivity contribution in [2.75, 3.05) is 33.3 Å². The van der Waals surface area contributed by atoms with Crippen molar-refractivity contribution in [3.05, 3.63) is 23.3 Å². The first kappa shape index (κ1) is 16.8. The van der Waals surface area contributed by atoms with Crippen LogP contribution >= 0.6 is 11.3 Å². The number of hydrogen-bond acceptors (Lipinski definition) is 7. The van der Waals surface area contributed by atoms with E-state index in [2.05, 4.69) is 26.5 Å². The first-order valence-electron chi connectivity index (χ1n) is 7.90. The van der Waals surface area contributed by atoms with Crippen molar-refractivity contribution in [1.82, 2.24) is 19.8 Å². The molecule has 3 rings (SSSR count). The van der Waals surface area contributed by atoms with Gasteiger partial charge < -0.3 is 9.64 Å². The average Bonchev–Trinajstić information content (AvgIpc) is 3.03. The van der Waals surface area contributed by atoms with Crippen LogP contribution in [0.2, 0.25) is 0 Å². The number of fused-ring (bicyclic) bond motifs is 1. The van der Waals surface area contributed by atoms with Crippen LogP contribution in [0.25, 0.3) is 10.3 Å². The van der Waals surface area contributed by atoms with Gasteiger partial charge in [-0.15, -0.1) is 0 Å². The SMILES string of the molecule is COC(=O)CCN1CCN(C(=O)c2nc3cccnc3s2)C[C@@H]1C. The molecule has 0 bridgehead atoms. The molecule has 2 aromatic rings. The number of piperazine rings is 1. The number of ether oxygens (including phenoxy) is 1. The average molecular weight is 348 g/mol. The molecule has 0 saturated carbocycles. The summed E-state index contributed by atoms with van der Waals surface area (Å²) in [5, 5.41) is 0.485. The molecule has 2 aromatic heterocycles. The first-order valence-corrected chi connectivity index (χ1v) is 8.72. The van der Waals surface area contributed by atoms with Crippen LogP contribution in [-0.4, -0.2) is 71.0 Å². The minimum absolute atomic E-state index is 0.0440. The number of amides is 1. The van der Waals surface area contributed by atoms with Crippen molar-refractivity contribution in [3.63, 3.8) is 0 Å². The molecular formula is C16H20N4O3S. The quantitative estimate of drug-likeness (QED) is 0.778. The molecule has 1 aliphatic rings. The summed E-state index contributed by atoms with van der Waals surface area (Å²) in [5.41, 5.74) is 0.760. The number of rotatable bonds is 4. The Balaban J connectivity index is 1.62. The van der Waals surface area contributed by atoms with Crippen molar-refractivity contribution in [3.8, 4) is 0 Å². The Morgan fingerprint density at radius 1 is 1.42 bits per heavy atom. The van der Waals surface area contributed by atoms with Crippen molar-refractivity contribution < 1.29 is 14.3 Å². The van der Waals surface area contributed by atoms with E-state index >= 15 is 0 Å². The summed E-state index contributed by atoms with van der Waals surface area (Å²) in [7, 11) is 1.40. The summed E-state index contributed by atoms with van der Waals surface area (Å²) in [6, 6.07) is 3.88. The third-order valence-electron chi connectivity index (χ3n) is 4.23. The number of nitrogens with zero attached hydrogens (tertiary/aromatic N) is 4. The highest BCUT2D eigenvalue weighted by Crippen LogP contribution is 2.22. The number of carbonyl (C=O) groups excluding carboxylic acids is 2. The Hall–Kier alpha value is -2.06. The number of thiazole rings is 1. The van der Waals surface area contributed by atoms with Crippen molar-refractivity contribution in [1.29, 1.82) is 0 Å². The summed E-state index contributed by atoms with van der Waals surface area (Å²) in [4.78, 5) is 37.4. The zero-order chi connectivity index (χ0) is 17.1. The molecule has 0 aromatic carbocycles. The number of carbonyl (C=O) groups is 2. The van der Waals surface area contributed by atoms with Crippen LogP contribution in [0, 0.1) is 0 Å². The van der Waals surface area contributed by atoms with Gasteiger partial charge in [0.2, 0.25) is 0 Å². The zero-order valence-corrected chi connectivity index (χ0v) is 14.6. The second-order valence-electron chi connectivity index (χ2n) is 5.81. The molecule has 0 spiro atoms. The third-order valence-corrected chi connectivity index (χ3v) is 5.20. The van der Waals surface area contributed by atoms with Gasteiger partial charge in [-0.3, -0.25) is 14.5 Å². The zero-order valence-electron chi connectivity index (χ0n) is 13.8. The maximum Gasteiger partial charge on any atom is 0.306 e. The van der Waals surface area contributed by atoms with Gasteiger partial charge in [-0.2, -0.15) is 0 Å². The molecule has 1 saturated heterocycles. The van der Waals surface area contributed by atoms with Crippen LogP contribution in [0.15, 0.2) is 18.3 Å². The number of esters is 1. The molecule has 0 unspecified atom stereocenters. The van der Waals surface area contributed by atoms with E-state index in [1.807, 2.05) is 17.0 Å². The summed E-state index contributed by atoms with van der Waals surface area (Å²) in [5.74, 6) is -0.250. The molecule has 0 radical (unpaired) electrons. The van der Waals surface area contributed by atoms with Crippen LogP contribution in [0.4, 0.5) is 0 Å². The number of pyridine rings is 1. The van der Waals surface area contributed by atoms with Crippen LogP contribution < -0.4 is 0 Å². The van der Waals surface area contributed by atoms with Gasteiger partial charge in [-0.25, -0.2) is 9.97 Å². The molecule has 8 heteroatoms. The van der Waals surface area contributed by atoms with Crippen LogP contribution in [-0.2, 0) is 9.53 Å². The predicted octanol–water partition coefficient (Wildman–Crippen LogP) is 1.40. The van der Waals surface area contributed by atoms with Gasteiger partial charge in [0.25, 0.3) is 5.91 Å². The lowest BCUT2D eigenvalue weighted by Crippen LogP contribution is -2.53. The van der Waals surface area contributed by atoms with E-state index < -0.39 is 0 Å². The highest BCUT2D eigenvalue weighted by molar-refractivity contribution is 7.19. The van der Waals surface area contributed by atoms with E-state index in [0.29, 0.717) is 31.1 Å². The maximum atomic E-state index is 12.7. The summed E-state index contributed by atoms with van der Waals surface area (Å²) in [6.45, 7) is 4.72. The molecule has 128 valence electrons. The third kappa shape index (κ3) is 3.54. The Kier molecular flexibility index (Phi) is 5.06. The summed E-state index contributed by atoms with van der Waals surface area (Å²) in [6.07, 6.45) is 2.08. The Labute approximate surface area is 144 Å². The minimum Gasteiger partial charge on any atom is -0.469 e. The fourth-order valence-corrected chi connectivity index (χ4v) is 3.72. The van der Waals surface area contributed by atoms with Crippen LogP contribution in [0.3, 0.4) is 0 Å². The predicted molar refractivity (Wildman–Crippen MR) is 91.0 cm³/mol. The van der Waals surface area contributed by atoms with Crippen molar-refractivity contribution >= 4 is 33.6 Å². The van der Waals surface area contributed by atoms with Gasteiger partial charge >= 0.3 is 5.97 Å². The monoisotopic (exact) mass is 348 g/mol. The molecule has 1 amide bonds. The van der Waals surface area contributed by atoms with Gasteiger partial charge in [0.15, 0.2) is 5.01 Å². The second kappa shape index (κ2) is 7.23. The van der Waals surface area contributed by atoms with Crippen molar-refractivity contribution in [2.45, 2.75) is 19.4 Å². The van der Waals surface area contributed by atoms with Crippen LogP contribution in [0.5, 0.6) is 0 Å². The molecular weight excluding hydrogens is 328 g/mol. The molecule has 24 heavy (non-hydrogen) atoms. The maximum absolute atomic E-state index is 12.7. The first-order chi connectivity index (χ1) is 11.6. The summed E-state index contributed by atoms with van der Waals surface area (Å²) < 4.78 is 4.68. The van der Waals surface area contributed by atoms with Crippen LogP contribution in [0.1, 0.15) is 23.1 Å². The fourth-order valence-electron chi connectivity index (χ4n) is 2.85. The smallest absolute Gasteiger partial charge is 0.306 e. The lowest BCUT2D eigenvalue weighted by atomic mass is 10.2. The van der Waals surface area contributed by atoms with Gasteiger partial charge in [-0.05, 0) is 19.1 Å². The molecule has 1 aliphatic heterocycles. The van der Waals surface area contributed by atoms with E-state index in [4.69, 9.17) is 0 Å². The highest BCUT2D eigenvalue weighted by Gasteiger charge is 2.29. The van der Waals surface area contributed by atoms with Crippen molar-refractivity contribution in [2.24, 2.45) is 0 Å². The topological polar surface area (TPSA) is 75.6 Å². The molecule has 1 atom stereocenters. The van der Waals surface area contributed by atoms with Gasteiger partial charge in [0.05, 0.1) is 13.5 Å². The Bertz CT molecular complexity index is 715. The standard InChI is InChI=1S/C16H20N4O3S/c1-11-10-20(9-8-19(11)7-5-13(21)23-2)16(22)15-18-12-4-3-6-17-14(12)24-15/h3-4,6,11H,5,7-10H2,1-2H3/t11-/m0/s1. The fraction of sp³-hybridized carbons (Fsp3) is 0.500. The largest absolute Gasteiger partial charge is 0.469 e. The van der Waals surface area contributed by atoms with E-state index in [9.17, 15) is 9.59 Å². The lowest BCUT2D eigenvalue weighted by Gasteiger charge is -2.39. The molecule has 0 N–H and O–H groups in total. The Morgan fingerprint density at radius 2 is 2.25 bits per heavy atom. The highest BCUT2D eigenvalue weighted by atomic mass is 32.1. The molecule has 1 fully saturated rings. The van der Waals surface area contributed by atoms with Gasteiger partial charge in [0.1, 0.15) is 10.3 Å². The van der Waals surface area contributed by atoms with Gasteiger partial charge in [0, 0.05) is 38.4 Å². The minimum atomic E-state index is -0.206. The normalized spacial score (nSPS) is 18.8. The molecule has 0 aliphatic carbocycles. The molecule has 3 heterocycles. The van der Waals surface area contributed by atoms with E-state index in [1.165, 1.54) is 18.4 Å². The lowest BCUT2D eigenvalue weighted by molar-refractivity contribution is -0.141. The van der Waals surface area contributed by atoms with E-state index in [-0.39, 0.29) is 17.9 Å². The molecule has 7 nitrogen and oxygen atoms in total. The van der Waals surface area contributed by atoms with E-state index in [1.54, 1.807) is 6.20 Å². The number of methoxy groups -OCH3 is 1. The number of aromatic nitrogens is 2.